The first kappa shape index (κ1) is 10.6. The minimum atomic E-state index is -0.146. The summed E-state index contributed by atoms with van der Waals surface area (Å²) in [7, 11) is 3.86. The Balaban J connectivity index is 2.15. The summed E-state index contributed by atoms with van der Waals surface area (Å²) in [6, 6.07) is 0.134. The standard InChI is InChI=1S/C11H18N2O2/c1-7(14)8-5-4-6-9-10(12(2)3)11(15)13(8)9/h8-10H,4-6H2,1-3H3. The summed E-state index contributed by atoms with van der Waals surface area (Å²) >= 11 is 0. The van der Waals surface area contributed by atoms with Crippen LogP contribution in [-0.4, -0.2) is 53.7 Å². The van der Waals surface area contributed by atoms with Crippen molar-refractivity contribution in [2.45, 2.75) is 44.3 Å². The summed E-state index contributed by atoms with van der Waals surface area (Å²) in [4.78, 5) is 27.1. The van der Waals surface area contributed by atoms with E-state index in [1.165, 1.54) is 0 Å². The normalized spacial score (nSPS) is 35.1. The van der Waals surface area contributed by atoms with Crippen LogP contribution in [0.4, 0.5) is 0 Å². The van der Waals surface area contributed by atoms with Crippen LogP contribution >= 0.6 is 0 Å². The van der Waals surface area contributed by atoms with E-state index in [-0.39, 0.29) is 29.8 Å². The van der Waals surface area contributed by atoms with Crippen LogP contribution in [0.5, 0.6) is 0 Å². The summed E-state index contributed by atoms with van der Waals surface area (Å²) in [5, 5.41) is 0. The molecule has 2 aliphatic heterocycles. The van der Waals surface area contributed by atoms with Crippen LogP contribution in [0.1, 0.15) is 26.2 Å². The largest absolute Gasteiger partial charge is 0.326 e. The molecule has 3 unspecified atom stereocenters. The molecule has 4 nitrogen and oxygen atoms in total. The molecule has 2 fully saturated rings. The smallest absolute Gasteiger partial charge is 0.242 e. The highest BCUT2D eigenvalue weighted by Crippen LogP contribution is 2.35. The number of hydrogen-bond acceptors (Lipinski definition) is 3. The molecule has 0 bridgehead atoms. The topological polar surface area (TPSA) is 40.6 Å². The molecule has 0 aliphatic carbocycles. The van der Waals surface area contributed by atoms with Gasteiger partial charge in [0.15, 0.2) is 5.78 Å². The molecule has 15 heavy (non-hydrogen) atoms. The van der Waals surface area contributed by atoms with Crippen LogP contribution in [0.25, 0.3) is 0 Å². The number of amides is 1. The maximum atomic E-state index is 11.9. The van der Waals surface area contributed by atoms with Gasteiger partial charge in [-0.25, -0.2) is 0 Å². The number of ketones is 1. The van der Waals surface area contributed by atoms with Crippen molar-refractivity contribution in [2.75, 3.05) is 14.1 Å². The van der Waals surface area contributed by atoms with E-state index in [2.05, 4.69) is 0 Å². The minimum Gasteiger partial charge on any atom is -0.326 e. The monoisotopic (exact) mass is 210 g/mol. The third kappa shape index (κ3) is 1.47. The average molecular weight is 210 g/mol. The zero-order valence-corrected chi connectivity index (χ0v) is 9.56. The highest BCUT2D eigenvalue weighted by Gasteiger charge is 2.53. The summed E-state index contributed by atoms with van der Waals surface area (Å²) in [6.07, 6.45) is 2.94. The maximum Gasteiger partial charge on any atom is 0.242 e. The number of hydrogen-bond donors (Lipinski definition) is 0. The second-order valence-electron chi connectivity index (χ2n) is 4.78. The predicted molar refractivity (Wildman–Crippen MR) is 56.4 cm³/mol. The number of likely N-dealkylation sites (N-methyl/N-ethyl adjacent to an activating group) is 1. The van der Waals surface area contributed by atoms with Crippen LogP contribution < -0.4 is 0 Å². The Bertz CT molecular complexity index is 301. The summed E-state index contributed by atoms with van der Waals surface area (Å²) in [5.41, 5.74) is 0. The molecular weight excluding hydrogens is 192 g/mol. The van der Waals surface area contributed by atoms with Crippen LogP contribution in [0.3, 0.4) is 0 Å². The van der Waals surface area contributed by atoms with Crippen LogP contribution in [0.2, 0.25) is 0 Å². The van der Waals surface area contributed by atoms with Crippen molar-refractivity contribution < 1.29 is 9.59 Å². The fourth-order valence-electron chi connectivity index (χ4n) is 2.86. The molecule has 0 radical (unpaired) electrons. The van der Waals surface area contributed by atoms with Gasteiger partial charge in [-0.2, -0.15) is 0 Å². The minimum absolute atomic E-state index is 0.00662. The second-order valence-corrected chi connectivity index (χ2v) is 4.78. The molecule has 84 valence electrons. The van der Waals surface area contributed by atoms with Gasteiger partial charge in [0.05, 0.1) is 12.1 Å². The molecule has 2 aliphatic rings. The highest BCUT2D eigenvalue weighted by molar-refractivity contribution is 5.95. The maximum absolute atomic E-state index is 11.9. The first-order chi connectivity index (χ1) is 7.04. The summed E-state index contributed by atoms with van der Waals surface area (Å²) in [6.45, 7) is 1.59. The Morgan fingerprint density at radius 2 is 2.07 bits per heavy atom. The third-order valence-electron chi connectivity index (χ3n) is 3.57. The van der Waals surface area contributed by atoms with Crippen molar-refractivity contribution in [3.63, 3.8) is 0 Å². The Hall–Kier alpha value is -0.900. The molecule has 0 aromatic carbocycles. The van der Waals surface area contributed by atoms with E-state index in [0.717, 1.165) is 19.3 Å². The number of fused-ring (bicyclic) bond motifs is 1. The van der Waals surface area contributed by atoms with Gasteiger partial charge in [-0.15, -0.1) is 0 Å². The van der Waals surface area contributed by atoms with E-state index in [1.54, 1.807) is 11.8 Å². The van der Waals surface area contributed by atoms with Gasteiger partial charge in [-0.05, 0) is 40.3 Å². The molecule has 2 heterocycles. The zero-order valence-electron chi connectivity index (χ0n) is 9.56. The molecule has 3 atom stereocenters. The third-order valence-corrected chi connectivity index (χ3v) is 3.57. The van der Waals surface area contributed by atoms with E-state index >= 15 is 0 Å². The van der Waals surface area contributed by atoms with E-state index in [0.29, 0.717) is 0 Å². The lowest BCUT2D eigenvalue weighted by molar-refractivity contribution is -0.169. The predicted octanol–water partition coefficient (Wildman–Crippen LogP) is 0.269. The van der Waals surface area contributed by atoms with Gasteiger partial charge in [0.1, 0.15) is 6.04 Å². The lowest BCUT2D eigenvalue weighted by Crippen LogP contribution is -2.74. The Labute approximate surface area is 90.2 Å². The van der Waals surface area contributed by atoms with Crippen LogP contribution in [0.15, 0.2) is 0 Å². The van der Waals surface area contributed by atoms with Crippen molar-refractivity contribution in [1.29, 1.82) is 0 Å². The number of nitrogens with zero attached hydrogens (tertiary/aromatic N) is 2. The lowest BCUT2D eigenvalue weighted by atomic mass is 9.81. The van der Waals surface area contributed by atoms with Gasteiger partial charge in [0.25, 0.3) is 0 Å². The van der Waals surface area contributed by atoms with E-state index in [1.807, 2.05) is 19.0 Å². The fourth-order valence-corrected chi connectivity index (χ4v) is 2.86. The molecular formula is C11H18N2O2. The molecule has 0 spiro atoms. The van der Waals surface area contributed by atoms with Gasteiger partial charge in [-0.3, -0.25) is 14.5 Å². The Morgan fingerprint density at radius 1 is 1.40 bits per heavy atom. The summed E-state index contributed by atoms with van der Waals surface area (Å²) < 4.78 is 0. The quantitative estimate of drug-likeness (QED) is 0.614. The lowest BCUT2D eigenvalue weighted by Gasteiger charge is -2.55. The molecule has 0 aromatic heterocycles. The van der Waals surface area contributed by atoms with E-state index in [9.17, 15) is 9.59 Å². The number of carbonyl (C=O) groups excluding carboxylic acids is 2. The van der Waals surface area contributed by atoms with Gasteiger partial charge < -0.3 is 4.90 Å². The molecule has 0 saturated carbocycles. The molecule has 2 rings (SSSR count). The van der Waals surface area contributed by atoms with E-state index < -0.39 is 0 Å². The number of rotatable bonds is 2. The highest BCUT2D eigenvalue weighted by atomic mass is 16.2. The molecule has 0 N–H and O–H groups in total. The van der Waals surface area contributed by atoms with Crippen LogP contribution in [-0.2, 0) is 9.59 Å². The number of piperidine rings is 1. The SMILES string of the molecule is CC(=O)C1CCCC2C(N(C)C)C(=O)N12. The molecule has 1 amide bonds. The van der Waals surface area contributed by atoms with Crippen molar-refractivity contribution >= 4 is 11.7 Å². The van der Waals surface area contributed by atoms with E-state index in [4.69, 9.17) is 0 Å². The molecule has 0 aromatic rings. The van der Waals surface area contributed by atoms with Crippen molar-refractivity contribution in [3.8, 4) is 0 Å². The van der Waals surface area contributed by atoms with Gasteiger partial charge >= 0.3 is 0 Å². The van der Waals surface area contributed by atoms with Crippen LogP contribution in [0, 0.1) is 0 Å². The first-order valence-corrected chi connectivity index (χ1v) is 5.53. The number of carbonyl (C=O) groups is 2. The Kier molecular flexibility index (Phi) is 2.54. The zero-order chi connectivity index (χ0) is 11.2. The van der Waals surface area contributed by atoms with Gasteiger partial charge in [0.2, 0.25) is 5.91 Å². The number of β-lactam (4-membered cyclic amide) rings is 1. The number of Topliss-reactive ketones (excluding diaryl/α,β-unsaturated/α-hetero) is 1. The molecule has 2 saturated heterocycles. The summed E-state index contributed by atoms with van der Waals surface area (Å²) in [5.74, 6) is 0.259. The molecule has 4 heteroatoms. The van der Waals surface area contributed by atoms with Crippen molar-refractivity contribution in [2.24, 2.45) is 0 Å². The average Bonchev–Trinajstić information content (AvgIpc) is 2.15. The van der Waals surface area contributed by atoms with Gasteiger partial charge in [-0.1, -0.05) is 0 Å². The van der Waals surface area contributed by atoms with Gasteiger partial charge in [0, 0.05) is 0 Å². The van der Waals surface area contributed by atoms with Crippen molar-refractivity contribution in [1.82, 2.24) is 9.80 Å². The fraction of sp³-hybridized carbons (Fsp3) is 0.818. The first-order valence-electron chi connectivity index (χ1n) is 5.53. The second kappa shape index (κ2) is 3.59. The van der Waals surface area contributed by atoms with Crippen molar-refractivity contribution in [3.05, 3.63) is 0 Å². The Morgan fingerprint density at radius 3 is 2.60 bits per heavy atom.